The third kappa shape index (κ3) is 2.99. The van der Waals surface area contributed by atoms with Crippen molar-refractivity contribution in [3.8, 4) is 5.88 Å². The van der Waals surface area contributed by atoms with Gasteiger partial charge in [0.2, 0.25) is 5.88 Å². The van der Waals surface area contributed by atoms with Crippen molar-refractivity contribution in [3.63, 3.8) is 0 Å². The van der Waals surface area contributed by atoms with Gasteiger partial charge < -0.3 is 9.47 Å². The number of ether oxygens (including phenoxy) is 2. The summed E-state index contributed by atoms with van der Waals surface area (Å²) in [6.07, 6.45) is 5.71. The van der Waals surface area contributed by atoms with Gasteiger partial charge in [0.25, 0.3) is 0 Å². The van der Waals surface area contributed by atoms with Gasteiger partial charge in [0, 0.05) is 49.8 Å². The van der Waals surface area contributed by atoms with Gasteiger partial charge in [-0.2, -0.15) is 0 Å². The topological polar surface area (TPSA) is 47.5 Å². The highest BCUT2D eigenvalue weighted by molar-refractivity contribution is 7.09. The van der Waals surface area contributed by atoms with E-state index in [9.17, 15) is 0 Å². The molecule has 1 atom stereocenters. The number of rotatable bonds is 4. The molecule has 0 saturated carbocycles. The summed E-state index contributed by atoms with van der Waals surface area (Å²) in [5.74, 6) is 0.712. The minimum atomic E-state index is -0.0328. The first kappa shape index (κ1) is 14.1. The van der Waals surface area contributed by atoms with Crippen LogP contribution in [-0.2, 0) is 11.3 Å². The smallest absolute Gasteiger partial charge is 0.213 e. The van der Waals surface area contributed by atoms with E-state index >= 15 is 0 Å². The fourth-order valence-corrected chi connectivity index (χ4v) is 3.95. The number of hydrogen-bond donors (Lipinski definition) is 0. The zero-order chi connectivity index (χ0) is 14.8. The first-order valence-corrected chi connectivity index (χ1v) is 8.52. The Morgan fingerprint density at radius 1 is 1.32 bits per heavy atom. The van der Waals surface area contributed by atoms with E-state index in [1.165, 1.54) is 5.01 Å². The van der Waals surface area contributed by atoms with E-state index in [2.05, 4.69) is 14.9 Å². The maximum atomic E-state index is 6.06. The minimum absolute atomic E-state index is 0.0328. The monoisotopic (exact) mass is 317 g/mol. The van der Waals surface area contributed by atoms with Crippen LogP contribution in [0.3, 0.4) is 0 Å². The molecule has 1 spiro atoms. The second-order valence-corrected chi connectivity index (χ2v) is 6.98. The number of likely N-dealkylation sites (tertiary alicyclic amines) is 1. The van der Waals surface area contributed by atoms with Gasteiger partial charge in [0.05, 0.1) is 18.8 Å². The van der Waals surface area contributed by atoms with Crippen LogP contribution in [0.4, 0.5) is 0 Å². The van der Waals surface area contributed by atoms with Crippen LogP contribution >= 0.6 is 11.3 Å². The molecule has 4 heterocycles. The van der Waals surface area contributed by atoms with Gasteiger partial charge in [0.1, 0.15) is 11.1 Å². The molecule has 22 heavy (non-hydrogen) atoms. The lowest BCUT2D eigenvalue weighted by atomic mass is 9.85. The van der Waals surface area contributed by atoms with Gasteiger partial charge in [-0.05, 0) is 6.07 Å². The van der Waals surface area contributed by atoms with Crippen LogP contribution in [0, 0.1) is 0 Å². The summed E-state index contributed by atoms with van der Waals surface area (Å²) in [5, 5.41) is 3.20. The van der Waals surface area contributed by atoms with Crippen LogP contribution in [0.15, 0.2) is 36.0 Å². The fraction of sp³-hybridized carbons (Fsp3) is 0.500. The summed E-state index contributed by atoms with van der Waals surface area (Å²) in [4.78, 5) is 11.0. The standard InChI is InChI=1S/C16H19N3O2S/c1-2-5-17-14(3-1)21-13-4-7-20-16(9-13)11-19(12-16)10-15-18-6-8-22-15/h1-3,5-6,8,13H,4,7,9-12H2/t13-/m1/s1. The Bertz CT molecular complexity index is 599. The Hall–Kier alpha value is -1.50. The lowest BCUT2D eigenvalue weighted by molar-refractivity contribution is -0.188. The highest BCUT2D eigenvalue weighted by Crippen LogP contribution is 2.36. The van der Waals surface area contributed by atoms with Crippen LogP contribution in [0.1, 0.15) is 17.8 Å². The molecule has 0 aliphatic carbocycles. The molecule has 4 rings (SSSR count). The molecule has 0 amide bonds. The SMILES string of the molecule is c1ccc(O[C@@H]2CCOC3(C2)CN(Cc2nccs2)C3)nc1. The third-order valence-corrected chi connectivity index (χ3v) is 5.00. The minimum Gasteiger partial charge on any atom is -0.474 e. The zero-order valence-electron chi connectivity index (χ0n) is 12.4. The highest BCUT2D eigenvalue weighted by Gasteiger charge is 2.48. The molecule has 0 N–H and O–H groups in total. The van der Waals surface area contributed by atoms with Crippen molar-refractivity contribution in [3.05, 3.63) is 41.0 Å². The Kier molecular flexibility index (Phi) is 3.82. The summed E-state index contributed by atoms with van der Waals surface area (Å²) < 4.78 is 12.1. The van der Waals surface area contributed by atoms with Crippen LogP contribution in [0.25, 0.3) is 0 Å². The van der Waals surface area contributed by atoms with E-state index in [-0.39, 0.29) is 11.7 Å². The summed E-state index contributed by atoms with van der Waals surface area (Å²) in [7, 11) is 0. The molecule has 2 aliphatic rings. The second kappa shape index (κ2) is 5.95. The van der Waals surface area contributed by atoms with Gasteiger partial charge in [-0.15, -0.1) is 11.3 Å². The summed E-state index contributed by atoms with van der Waals surface area (Å²) in [6.45, 7) is 3.63. The Balaban J connectivity index is 1.32. The first-order valence-electron chi connectivity index (χ1n) is 7.64. The van der Waals surface area contributed by atoms with E-state index in [4.69, 9.17) is 9.47 Å². The summed E-state index contributed by atoms with van der Waals surface area (Å²) in [5.41, 5.74) is -0.0328. The van der Waals surface area contributed by atoms with E-state index in [1.54, 1.807) is 17.5 Å². The predicted molar refractivity (Wildman–Crippen MR) is 84.0 cm³/mol. The molecule has 0 bridgehead atoms. The normalized spacial score (nSPS) is 24.1. The largest absolute Gasteiger partial charge is 0.474 e. The molecule has 0 unspecified atom stereocenters. The Labute approximate surface area is 133 Å². The molecule has 2 aliphatic heterocycles. The third-order valence-electron chi connectivity index (χ3n) is 4.24. The fourth-order valence-electron chi connectivity index (χ4n) is 3.29. The van der Waals surface area contributed by atoms with Gasteiger partial charge in [0.15, 0.2) is 0 Å². The molecule has 2 saturated heterocycles. The van der Waals surface area contributed by atoms with E-state index in [0.717, 1.165) is 39.1 Å². The molecule has 6 heteroatoms. The van der Waals surface area contributed by atoms with Gasteiger partial charge >= 0.3 is 0 Å². The quantitative estimate of drug-likeness (QED) is 0.866. The first-order chi connectivity index (χ1) is 10.8. The van der Waals surface area contributed by atoms with Gasteiger partial charge in [-0.3, -0.25) is 4.90 Å². The van der Waals surface area contributed by atoms with Crippen LogP contribution in [-0.4, -0.2) is 46.3 Å². The molecule has 2 aromatic heterocycles. The van der Waals surface area contributed by atoms with E-state index in [0.29, 0.717) is 5.88 Å². The number of thiazole rings is 1. The molecule has 116 valence electrons. The Morgan fingerprint density at radius 2 is 2.27 bits per heavy atom. The molecule has 2 fully saturated rings. The molecule has 5 nitrogen and oxygen atoms in total. The van der Waals surface area contributed by atoms with Crippen molar-refractivity contribution in [2.45, 2.75) is 31.1 Å². The molecule has 0 radical (unpaired) electrons. The maximum Gasteiger partial charge on any atom is 0.213 e. The number of aromatic nitrogens is 2. The second-order valence-electron chi connectivity index (χ2n) is 6.00. The van der Waals surface area contributed by atoms with Crippen molar-refractivity contribution < 1.29 is 9.47 Å². The van der Waals surface area contributed by atoms with Crippen molar-refractivity contribution in [2.24, 2.45) is 0 Å². The van der Waals surface area contributed by atoms with E-state index in [1.807, 2.05) is 29.8 Å². The Morgan fingerprint density at radius 3 is 3.05 bits per heavy atom. The van der Waals surface area contributed by atoms with Crippen molar-refractivity contribution in [1.29, 1.82) is 0 Å². The van der Waals surface area contributed by atoms with Crippen molar-refractivity contribution in [2.75, 3.05) is 19.7 Å². The average molecular weight is 317 g/mol. The lowest BCUT2D eigenvalue weighted by Gasteiger charge is -2.52. The molecular weight excluding hydrogens is 298 g/mol. The van der Waals surface area contributed by atoms with Crippen molar-refractivity contribution >= 4 is 11.3 Å². The van der Waals surface area contributed by atoms with Gasteiger partial charge in [-0.25, -0.2) is 9.97 Å². The lowest BCUT2D eigenvalue weighted by Crippen LogP contribution is -2.65. The average Bonchev–Trinajstić information content (AvgIpc) is 3.00. The number of pyridine rings is 1. The molecular formula is C16H19N3O2S. The summed E-state index contributed by atoms with van der Waals surface area (Å²) >= 11 is 1.71. The molecule has 2 aromatic rings. The molecule has 0 aromatic carbocycles. The van der Waals surface area contributed by atoms with E-state index < -0.39 is 0 Å². The van der Waals surface area contributed by atoms with Crippen molar-refractivity contribution in [1.82, 2.24) is 14.9 Å². The number of hydrogen-bond acceptors (Lipinski definition) is 6. The summed E-state index contributed by atoms with van der Waals surface area (Å²) in [6, 6.07) is 5.77. The number of nitrogens with zero attached hydrogens (tertiary/aromatic N) is 3. The van der Waals surface area contributed by atoms with Gasteiger partial charge in [-0.1, -0.05) is 6.07 Å². The van der Waals surface area contributed by atoms with Crippen LogP contribution in [0.5, 0.6) is 5.88 Å². The van der Waals surface area contributed by atoms with Crippen LogP contribution < -0.4 is 4.74 Å². The predicted octanol–water partition coefficient (Wildman–Crippen LogP) is 2.35. The highest BCUT2D eigenvalue weighted by atomic mass is 32.1. The zero-order valence-corrected chi connectivity index (χ0v) is 13.2. The maximum absolute atomic E-state index is 6.06. The van der Waals surface area contributed by atoms with Crippen LogP contribution in [0.2, 0.25) is 0 Å².